The summed E-state index contributed by atoms with van der Waals surface area (Å²) in [6.07, 6.45) is 0.260. The molecule has 0 spiro atoms. The molecule has 3 nitrogen and oxygen atoms in total. The van der Waals surface area contributed by atoms with Gasteiger partial charge in [-0.3, -0.25) is 0 Å². The zero-order valence-corrected chi connectivity index (χ0v) is 11.1. The van der Waals surface area contributed by atoms with E-state index in [1.54, 1.807) is 0 Å². The van der Waals surface area contributed by atoms with Crippen LogP contribution in [0.4, 0.5) is 0 Å². The van der Waals surface area contributed by atoms with Gasteiger partial charge in [0, 0.05) is 0 Å². The van der Waals surface area contributed by atoms with Crippen molar-refractivity contribution in [2.75, 3.05) is 6.61 Å². The first-order valence-corrected chi connectivity index (χ1v) is 6.17. The molecule has 18 heavy (non-hydrogen) atoms. The smallest absolute Gasteiger partial charge is 0.198 e. The van der Waals surface area contributed by atoms with E-state index in [-0.39, 0.29) is 17.9 Å². The van der Waals surface area contributed by atoms with Crippen LogP contribution in [0.25, 0.3) is 0 Å². The fourth-order valence-electron chi connectivity index (χ4n) is 1.96. The second-order valence-corrected chi connectivity index (χ2v) is 5.56. The molecule has 0 aliphatic carbocycles. The molecule has 1 atom stereocenters. The molecule has 0 amide bonds. The van der Waals surface area contributed by atoms with Gasteiger partial charge in [0.1, 0.15) is 19.1 Å². The molecule has 3 heteroatoms. The molecule has 0 saturated carbocycles. The summed E-state index contributed by atoms with van der Waals surface area (Å²) in [5, 5.41) is 8.60. The number of nitriles is 1. The minimum Gasteiger partial charge on any atom is -0.478 e. The van der Waals surface area contributed by atoms with E-state index >= 15 is 0 Å². The maximum atomic E-state index is 8.60. The minimum absolute atomic E-state index is 0.0439. The highest BCUT2D eigenvalue weighted by atomic mass is 16.5. The maximum absolute atomic E-state index is 8.60. The minimum atomic E-state index is 0.0439. The standard InChI is InChI=1S/C15H18N2O/c1-15(2,3)12-6-4-11(5-7-12)13-10-18-14(17-13)8-9-16/h4-7,13H,8,10H2,1-3H3. The number of ether oxygens (including phenoxy) is 1. The highest BCUT2D eigenvalue weighted by Gasteiger charge is 2.21. The van der Waals surface area contributed by atoms with Crippen molar-refractivity contribution in [3.05, 3.63) is 35.4 Å². The predicted octanol–water partition coefficient (Wildman–Crippen LogP) is 3.37. The Bertz CT molecular complexity index is 489. The van der Waals surface area contributed by atoms with E-state index in [4.69, 9.17) is 10.00 Å². The molecular formula is C15H18N2O. The third-order valence-electron chi connectivity index (χ3n) is 3.10. The summed E-state index contributed by atoms with van der Waals surface area (Å²) in [6, 6.07) is 10.6. The number of benzene rings is 1. The van der Waals surface area contributed by atoms with Crippen molar-refractivity contribution in [2.24, 2.45) is 4.99 Å². The molecule has 0 N–H and O–H groups in total. The first kappa shape index (κ1) is 12.6. The van der Waals surface area contributed by atoms with Crippen molar-refractivity contribution < 1.29 is 4.74 Å². The predicted molar refractivity (Wildman–Crippen MR) is 71.5 cm³/mol. The van der Waals surface area contributed by atoms with Crippen LogP contribution in [0.5, 0.6) is 0 Å². The second-order valence-electron chi connectivity index (χ2n) is 5.56. The molecule has 0 fully saturated rings. The summed E-state index contributed by atoms with van der Waals surface area (Å²) in [6.45, 7) is 7.14. The molecule has 1 aromatic rings. The van der Waals surface area contributed by atoms with Crippen LogP contribution in [0.15, 0.2) is 29.3 Å². The van der Waals surface area contributed by atoms with Gasteiger partial charge in [-0.2, -0.15) is 5.26 Å². The quantitative estimate of drug-likeness (QED) is 0.798. The summed E-state index contributed by atoms with van der Waals surface area (Å²) < 4.78 is 5.39. The van der Waals surface area contributed by atoms with Crippen LogP contribution in [-0.4, -0.2) is 12.5 Å². The van der Waals surface area contributed by atoms with E-state index in [1.165, 1.54) is 5.56 Å². The zero-order valence-electron chi connectivity index (χ0n) is 11.1. The monoisotopic (exact) mass is 242 g/mol. The van der Waals surface area contributed by atoms with Gasteiger partial charge >= 0.3 is 0 Å². The lowest BCUT2D eigenvalue weighted by Gasteiger charge is -2.19. The van der Waals surface area contributed by atoms with Crippen LogP contribution in [0.3, 0.4) is 0 Å². The molecule has 2 rings (SSSR count). The summed E-state index contributed by atoms with van der Waals surface area (Å²) in [5.41, 5.74) is 2.63. The molecule has 1 heterocycles. The van der Waals surface area contributed by atoms with Crippen LogP contribution < -0.4 is 0 Å². The van der Waals surface area contributed by atoms with Crippen LogP contribution in [0.2, 0.25) is 0 Å². The normalized spacial score (nSPS) is 19.0. The second kappa shape index (κ2) is 4.81. The van der Waals surface area contributed by atoms with E-state index in [0.29, 0.717) is 12.5 Å². The lowest BCUT2D eigenvalue weighted by atomic mass is 9.86. The third-order valence-corrected chi connectivity index (χ3v) is 3.10. The molecule has 1 aliphatic rings. The number of nitrogens with zero attached hydrogens (tertiary/aromatic N) is 2. The fourth-order valence-corrected chi connectivity index (χ4v) is 1.96. The van der Waals surface area contributed by atoms with Crippen molar-refractivity contribution in [3.63, 3.8) is 0 Å². The lowest BCUT2D eigenvalue weighted by Crippen LogP contribution is -2.11. The van der Waals surface area contributed by atoms with Gasteiger partial charge in [-0.15, -0.1) is 0 Å². The maximum Gasteiger partial charge on any atom is 0.198 e. The highest BCUT2D eigenvalue weighted by Crippen LogP contribution is 2.27. The average Bonchev–Trinajstić information content (AvgIpc) is 2.77. The van der Waals surface area contributed by atoms with E-state index in [2.05, 4.69) is 56.1 Å². The molecular weight excluding hydrogens is 224 g/mol. The largest absolute Gasteiger partial charge is 0.478 e. The van der Waals surface area contributed by atoms with E-state index in [9.17, 15) is 0 Å². The number of rotatable bonds is 2. The van der Waals surface area contributed by atoms with E-state index in [0.717, 1.165) is 5.56 Å². The van der Waals surface area contributed by atoms with E-state index < -0.39 is 0 Å². The molecule has 1 aromatic carbocycles. The summed E-state index contributed by atoms with van der Waals surface area (Å²) in [5.74, 6) is 0.558. The van der Waals surface area contributed by atoms with Crippen molar-refractivity contribution in [3.8, 4) is 6.07 Å². The summed E-state index contributed by atoms with van der Waals surface area (Å²) in [4.78, 5) is 4.41. The Morgan fingerprint density at radius 1 is 1.33 bits per heavy atom. The Balaban J connectivity index is 2.15. The molecule has 1 aliphatic heterocycles. The topological polar surface area (TPSA) is 45.4 Å². The molecule has 0 aromatic heterocycles. The lowest BCUT2D eigenvalue weighted by molar-refractivity contribution is 0.314. The molecule has 0 bridgehead atoms. The van der Waals surface area contributed by atoms with Gasteiger partial charge in [-0.05, 0) is 16.5 Å². The Morgan fingerprint density at radius 3 is 2.56 bits per heavy atom. The van der Waals surface area contributed by atoms with Crippen LogP contribution in [0.1, 0.15) is 44.4 Å². The summed E-state index contributed by atoms with van der Waals surface area (Å²) >= 11 is 0. The van der Waals surface area contributed by atoms with Crippen LogP contribution in [0, 0.1) is 11.3 Å². The van der Waals surface area contributed by atoms with Gasteiger partial charge in [0.05, 0.1) is 6.07 Å². The van der Waals surface area contributed by atoms with E-state index in [1.807, 2.05) is 0 Å². The highest BCUT2D eigenvalue weighted by molar-refractivity contribution is 5.79. The van der Waals surface area contributed by atoms with Gasteiger partial charge in [-0.1, -0.05) is 45.0 Å². The average molecular weight is 242 g/mol. The van der Waals surface area contributed by atoms with Gasteiger partial charge in [0.2, 0.25) is 0 Å². The fraction of sp³-hybridized carbons (Fsp3) is 0.467. The number of hydrogen-bond acceptors (Lipinski definition) is 3. The number of aliphatic imine (C=N–C) groups is 1. The molecule has 94 valence electrons. The Hall–Kier alpha value is -1.82. The Kier molecular flexibility index (Phi) is 3.38. The van der Waals surface area contributed by atoms with Gasteiger partial charge in [0.25, 0.3) is 0 Å². The summed E-state index contributed by atoms with van der Waals surface area (Å²) in [7, 11) is 0. The van der Waals surface area contributed by atoms with Gasteiger partial charge in [-0.25, -0.2) is 4.99 Å². The first-order valence-electron chi connectivity index (χ1n) is 6.17. The van der Waals surface area contributed by atoms with Crippen LogP contribution in [-0.2, 0) is 10.2 Å². The van der Waals surface area contributed by atoms with Crippen molar-refractivity contribution >= 4 is 5.90 Å². The van der Waals surface area contributed by atoms with Crippen LogP contribution >= 0.6 is 0 Å². The third kappa shape index (κ3) is 2.70. The SMILES string of the molecule is CC(C)(C)c1ccc(C2COC(CC#N)=N2)cc1. The molecule has 0 radical (unpaired) electrons. The Morgan fingerprint density at radius 2 is 2.00 bits per heavy atom. The number of hydrogen-bond donors (Lipinski definition) is 0. The van der Waals surface area contributed by atoms with Crippen molar-refractivity contribution in [2.45, 2.75) is 38.6 Å². The van der Waals surface area contributed by atoms with Crippen molar-refractivity contribution in [1.29, 1.82) is 5.26 Å². The first-order chi connectivity index (χ1) is 8.50. The van der Waals surface area contributed by atoms with Gasteiger partial charge < -0.3 is 4.74 Å². The van der Waals surface area contributed by atoms with Crippen molar-refractivity contribution in [1.82, 2.24) is 0 Å². The Labute approximate surface area is 108 Å². The molecule has 1 unspecified atom stereocenters. The molecule has 0 saturated heterocycles. The zero-order chi connectivity index (χ0) is 13.2. The van der Waals surface area contributed by atoms with Gasteiger partial charge in [0.15, 0.2) is 5.90 Å².